The molecule has 0 aromatic carbocycles. The Morgan fingerprint density at radius 1 is 1.78 bits per heavy atom. The molecule has 0 aliphatic rings. The van der Waals surface area contributed by atoms with E-state index >= 15 is 0 Å². The molecule has 0 saturated heterocycles. The minimum atomic E-state index is 0.810. The molecular formula is C6H5IN2. The molecule has 46 valence electrons. The van der Waals surface area contributed by atoms with Crippen LogP contribution in [0, 0.1) is 9.85 Å². The number of hydrogen-bond acceptors (Lipinski definition) is 1. The fourth-order valence-corrected chi connectivity index (χ4v) is 0.770. The van der Waals surface area contributed by atoms with E-state index in [0.29, 0.717) is 0 Å². The number of rotatable bonds is 0. The number of nitrogens with zero attached hydrogens (tertiary/aromatic N) is 2. The Kier molecular flexibility index (Phi) is 2.11. The molecule has 0 aliphatic carbocycles. The Hall–Kier alpha value is -0.500. The Morgan fingerprint density at radius 3 is 3.00 bits per heavy atom. The summed E-state index contributed by atoms with van der Waals surface area (Å²) in [6.07, 6.45) is 3.60. The van der Waals surface area contributed by atoms with Crippen LogP contribution in [0.5, 0.6) is 0 Å². The van der Waals surface area contributed by atoms with Gasteiger partial charge in [-0.2, -0.15) is 0 Å². The Bertz CT molecular complexity index is 254. The van der Waals surface area contributed by atoms with E-state index in [2.05, 4.69) is 14.8 Å². The first-order valence-electron chi connectivity index (χ1n) is 2.43. The number of halogens is 1. The Labute approximate surface area is 67.4 Å². The summed E-state index contributed by atoms with van der Waals surface area (Å²) in [7, 11) is 1.92. The van der Waals surface area contributed by atoms with Crippen molar-refractivity contribution < 1.29 is 0 Å². The van der Waals surface area contributed by atoms with Crippen molar-refractivity contribution in [1.29, 1.82) is 0 Å². The molecule has 0 N–H and O–H groups in total. The van der Waals surface area contributed by atoms with Gasteiger partial charge in [0.05, 0.1) is 0 Å². The van der Waals surface area contributed by atoms with Crippen LogP contribution in [0.2, 0.25) is 0 Å². The van der Waals surface area contributed by atoms with Gasteiger partial charge in [-0.25, -0.2) is 4.98 Å². The third kappa shape index (κ3) is 1.45. The maximum atomic E-state index is 3.99. The zero-order chi connectivity index (χ0) is 6.69. The lowest BCUT2D eigenvalue weighted by Gasteiger charge is -1.87. The highest BCUT2D eigenvalue weighted by Gasteiger charge is 1.89. The molecule has 9 heavy (non-hydrogen) atoms. The van der Waals surface area contributed by atoms with Gasteiger partial charge in [-0.05, 0) is 9.85 Å². The molecule has 1 heterocycles. The van der Waals surface area contributed by atoms with E-state index in [-0.39, 0.29) is 0 Å². The molecule has 0 saturated carbocycles. The van der Waals surface area contributed by atoms with Crippen LogP contribution in [-0.4, -0.2) is 9.55 Å². The summed E-state index contributed by atoms with van der Waals surface area (Å²) in [5.74, 6) is 3.65. The van der Waals surface area contributed by atoms with Gasteiger partial charge in [-0.15, -0.1) is 0 Å². The quantitative estimate of drug-likeness (QED) is 0.484. The number of imidazole rings is 1. The molecule has 0 bridgehead atoms. The summed E-state index contributed by atoms with van der Waals surface area (Å²) >= 11 is 1.99. The average molecular weight is 232 g/mol. The van der Waals surface area contributed by atoms with Gasteiger partial charge in [-0.1, -0.05) is 0 Å². The fraction of sp³-hybridized carbons (Fsp3) is 0.167. The molecule has 0 amide bonds. The zero-order valence-corrected chi connectivity index (χ0v) is 7.08. The Balaban J connectivity index is 3.03. The van der Waals surface area contributed by atoms with Gasteiger partial charge in [0.25, 0.3) is 0 Å². The Morgan fingerprint density at radius 2 is 2.56 bits per heavy atom. The predicted molar refractivity (Wildman–Crippen MR) is 44.1 cm³/mol. The van der Waals surface area contributed by atoms with Crippen LogP contribution in [-0.2, 0) is 7.05 Å². The highest BCUT2D eigenvalue weighted by Crippen LogP contribution is 1.90. The van der Waals surface area contributed by atoms with E-state index in [1.807, 2.05) is 40.4 Å². The first-order chi connectivity index (χ1) is 4.34. The van der Waals surface area contributed by atoms with E-state index < -0.39 is 0 Å². The molecule has 0 unspecified atom stereocenters. The summed E-state index contributed by atoms with van der Waals surface area (Å²) in [6, 6.07) is 0. The minimum absolute atomic E-state index is 0.810. The van der Waals surface area contributed by atoms with Crippen LogP contribution in [0.4, 0.5) is 0 Å². The second-order valence-corrected chi connectivity index (χ2v) is 2.12. The largest absolute Gasteiger partial charge is 0.327 e. The molecule has 0 spiro atoms. The molecule has 0 atom stereocenters. The van der Waals surface area contributed by atoms with Gasteiger partial charge in [-0.3, -0.25) is 0 Å². The van der Waals surface area contributed by atoms with Gasteiger partial charge in [0.2, 0.25) is 0 Å². The third-order valence-electron chi connectivity index (χ3n) is 0.980. The van der Waals surface area contributed by atoms with Crippen molar-refractivity contribution in [3.8, 4) is 9.85 Å². The van der Waals surface area contributed by atoms with Crippen LogP contribution >= 0.6 is 22.6 Å². The number of hydrogen-bond donors (Lipinski definition) is 0. The van der Waals surface area contributed by atoms with Crippen LogP contribution in [0.25, 0.3) is 0 Å². The molecule has 0 fully saturated rings. The summed E-state index contributed by atoms with van der Waals surface area (Å²) in [6.45, 7) is 0. The molecule has 1 aromatic rings. The van der Waals surface area contributed by atoms with Crippen molar-refractivity contribution in [2.24, 2.45) is 7.05 Å². The monoisotopic (exact) mass is 232 g/mol. The lowest BCUT2D eigenvalue weighted by Crippen LogP contribution is -1.89. The zero-order valence-electron chi connectivity index (χ0n) is 4.93. The maximum Gasteiger partial charge on any atom is 0.185 e. The average Bonchev–Trinajstić information content (AvgIpc) is 2.18. The maximum absolute atomic E-state index is 3.99. The van der Waals surface area contributed by atoms with Crippen LogP contribution in [0.3, 0.4) is 0 Å². The predicted octanol–water partition coefficient (Wildman–Crippen LogP) is 1.16. The number of aromatic nitrogens is 2. The van der Waals surface area contributed by atoms with Gasteiger partial charge in [0.15, 0.2) is 5.82 Å². The first-order valence-corrected chi connectivity index (χ1v) is 3.51. The van der Waals surface area contributed by atoms with Gasteiger partial charge in [0.1, 0.15) is 0 Å². The summed E-state index contributed by atoms with van der Waals surface area (Å²) in [5.41, 5.74) is 0. The summed E-state index contributed by atoms with van der Waals surface area (Å²) in [5, 5.41) is 0. The standard InChI is InChI=1S/C6H5IN2/c1-9-5-4-8-6(9)2-3-7/h4-5H,1H3. The van der Waals surface area contributed by atoms with E-state index in [4.69, 9.17) is 0 Å². The van der Waals surface area contributed by atoms with Gasteiger partial charge < -0.3 is 4.57 Å². The molecule has 0 aliphatic heterocycles. The third-order valence-corrected chi connectivity index (χ3v) is 1.25. The number of aryl methyl sites for hydroxylation is 1. The molecule has 3 heteroatoms. The molecule has 0 radical (unpaired) electrons. The van der Waals surface area contributed by atoms with Crippen molar-refractivity contribution in [2.45, 2.75) is 0 Å². The lowest BCUT2D eigenvalue weighted by molar-refractivity contribution is 0.894. The summed E-state index contributed by atoms with van der Waals surface area (Å²) in [4.78, 5) is 3.99. The minimum Gasteiger partial charge on any atom is -0.327 e. The first kappa shape index (κ1) is 6.62. The van der Waals surface area contributed by atoms with Gasteiger partial charge >= 0.3 is 0 Å². The van der Waals surface area contributed by atoms with Crippen LogP contribution in [0.1, 0.15) is 5.82 Å². The molecule has 1 rings (SSSR count). The van der Waals surface area contributed by atoms with E-state index in [1.54, 1.807) is 6.20 Å². The van der Waals surface area contributed by atoms with Crippen LogP contribution < -0.4 is 0 Å². The normalized spacial score (nSPS) is 8.22. The lowest BCUT2D eigenvalue weighted by atomic mass is 10.6. The topological polar surface area (TPSA) is 17.8 Å². The smallest absolute Gasteiger partial charge is 0.185 e. The molecular weight excluding hydrogens is 227 g/mol. The van der Waals surface area contributed by atoms with E-state index in [9.17, 15) is 0 Å². The van der Waals surface area contributed by atoms with Crippen molar-refractivity contribution >= 4 is 22.6 Å². The molecule has 1 aromatic heterocycles. The van der Waals surface area contributed by atoms with E-state index in [1.165, 1.54) is 0 Å². The van der Waals surface area contributed by atoms with Crippen molar-refractivity contribution in [3.63, 3.8) is 0 Å². The van der Waals surface area contributed by atoms with Gasteiger partial charge in [0, 0.05) is 42.0 Å². The highest BCUT2D eigenvalue weighted by atomic mass is 127. The van der Waals surface area contributed by atoms with Crippen molar-refractivity contribution in [2.75, 3.05) is 0 Å². The van der Waals surface area contributed by atoms with E-state index in [0.717, 1.165) is 5.82 Å². The fourth-order valence-electron chi connectivity index (χ4n) is 0.528. The molecule has 2 nitrogen and oxygen atoms in total. The van der Waals surface area contributed by atoms with Crippen LogP contribution in [0.15, 0.2) is 12.4 Å². The summed E-state index contributed by atoms with van der Waals surface area (Å²) < 4.78 is 4.63. The van der Waals surface area contributed by atoms with Crippen molar-refractivity contribution in [3.05, 3.63) is 18.2 Å². The highest BCUT2D eigenvalue weighted by molar-refractivity contribution is 14.1. The van der Waals surface area contributed by atoms with Crippen molar-refractivity contribution in [1.82, 2.24) is 9.55 Å². The second kappa shape index (κ2) is 2.87. The second-order valence-electron chi connectivity index (χ2n) is 1.58. The SMILES string of the molecule is Cn1ccnc1C#CI.